The number of aldehydes is 1. The minimum absolute atomic E-state index is 0.277. The summed E-state index contributed by atoms with van der Waals surface area (Å²) in [5.74, 6) is 0.766. The Balaban J connectivity index is 2.07. The molecule has 0 aliphatic heterocycles. The van der Waals surface area contributed by atoms with Gasteiger partial charge in [0.2, 0.25) is 0 Å². The fourth-order valence-electron chi connectivity index (χ4n) is 2.27. The molecular formula is C14H19NO. The SMILES string of the molecule is CCN(CC)c1ccc(C2CC2C=O)cc1. The third-order valence-corrected chi connectivity index (χ3v) is 3.46. The molecule has 0 N–H and O–H groups in total. The van der Waals surface area contributed by atoms with Crippen molar-refractivity contribution in [1.29, 1.82) is 0 Å². The van der Waals surface area contributed by atoms with Crippen LogP contribution >= 0.6 is 0 Å². The van der Waals surface area contributed by atoms with E-state index in [0.717, 1.165) is 25.8 Å². The Morgan fingerprint density at radius 2 is 1.88 bits per heavy atom. The van der Waals surface area contributed by atoms with Crippen molar-refractivity contribution >= 4 is 12.0 Å². The highest BCUT2D eigenvalue weighted by Gasteiger charge is 2.37. The number of hydrogen-bond donors (Lipinski definition) is 0. The number of hydrogen-bond acceptors (Lipinski definition) is 2. The monoisotopic (exact) mass is 217 g/mol. The van der Waals surface area contributed by atoms with Crippen LogP contribution in [0.5, 0.6) is 0 Å². The molecule has 0 amide bonds. The van der Waals surface area contributed by atoms with Crippen molar-refractivity contribution in [2.45, 2.75) is 26.2 Å². The molecule has 1 saturated carbocycles. The van der Waals surface area contributed by atoms with E-state index in [-0.39, 0.29) is 5.92 Å². The molecule has 1 aromatic carbocycles. The van der Waals surface area contributed by atoms with E-state index in [2.05, 4.69) is 43.0 Å². The van der Waals surface area contributed by atoms with Gasteiger partial charge in [0.1, 0.15) is 6.29 Å². The second kappa shape index (κ2) is 4.69. The maximum absolute atomic E-state index is 10.6. The summed E-state index contributed by atoms with van der Waals surface area (Å²) in [4.78, 5) is 12.9. The van der Waals surface area contributed by atoms with Gasteiger partial charge in [0, 0.05) is 24.7 Å². The van der Waals surface area contributed by atoms with Crippen molar-refractivity contribution in [1.82, 2.24) is 0 Å². The third-order valence-electron chi connectivity index (χ3n) is 3.46. The van der Waals surface area contributed by atoms with Gasteiger partial charge in [0.15, 0.2) is 0 Å². The van der Waals surface area contributed by atoms with Crippen molar-refractivity contribution in [3.05, 3.63) is 29.8 Å². The molecule has 2 heteroatoms. The molecule has 0 bridgehead atoms. The Morgan fingerprint density at radius 3 is 2.31 bits per heavy atom. The van der Waals surface area contributed by atoms with Crippen LogP contribution in [0.25, 0.3) is 0 Å². The largest absolute Gasteiger partial charge is 0.372 e. The van der Waals surface area contributed by atoms with Gasteiger partial charge in [-0.2, -0.15) is 0 Å². The minimum Gasteiger partial charge on any atom is -0.372 e. The fraction of sp³-hybridized carbons (Fsp3) is 0.500. The fourth-order valence-corrected chi connectivity index (χ4v) is 2.27. The van der Waals surface area contributed by atoms with Crippen LogP contribution in [-0.2, 0) is 4.79 Å². The van der Waals surface area contributed by atoms with Crippen LogP contribution in [0.1, 0.15) is 31.7 Å². The Bertz CT molecular complexity index is 354. The van der Waals surface area contributed by atoms with Crippen LogP contribution in [0.4, 0.5) is 5.69 Å². The Kier molecular flexibility index (Phi) is 3.28. The lowest BCUT2D eigenvalue weighted by Gasteiger charge is -2.21. The first-order valence-electron chi connectivity index (χ1n) is 6.10. The molecule has 1 aliphatic rings. The van der Waals surface area contributed by atoms with Gasteiger partial charge in [-0.25, -0.2) is 0 Å². The molecule has 16 heavy (non-hydrogen) atoms. The average molecular weight is 217 g/mol. The zero-order valence-electron chi connectivity index (χ0n) is 10.0. The van der Waals surface area contributed by atoms with Crippen molar-refractivity contribution in [2.75, 3.05) is 18.0 Å². The quantitative estimate of drug-likeness (QED) is 0.707. The van der Waals surface area contributed by atoms with E-state index < -0.39 is 0 Å². The van der Waals surface area contributed by atoms with Crippen molar-refractivity contribution in [3.63, 3.8) is 0 Å². The van der Waals surface area contributed by atoms with E-state index in [1.54, 1.807) is 0 Å². The molecule has 2 atom stereocenters. The van der Waals surface area contributed by atoms with E-state index >= 15 is 0 Å². The molecule has 1 aliphatic carbocycles. The molecule has 86 valence electrons. The zero-order chi connectivity index (χ0) is 11.5. The summed E-state index contributed by atoms with van der Waals surface area (Å²) in [6.45, 7) is 6.41. The molecule has 0 spiro atoms. The van der Waals surface area contributed by atoms with E-state index in [1.165, 1.54) is 11.3 Å². The molecular weight excluding hydrogens is 198 g/mol. The van der Waals surface area contributed by atoms with Gasteiger partial charge in [-0.05, 0) is 43.9 Å². The first-order valence-corrected chi connectivity index (χ1v) is 6.10. The van der Waals surface area contributed by atoms with Crippen LogP contribution < -0.4 is 4.90 Å². The summed E-state index contributed by atoms with van der Waals surface area (Å²) in [6.07, 6.45) is 2.12. The van der Waals surface area contributed by atoms with E-state index in [0.29, 0.717) is 5.92 Å². The summed E-state index contributed by atoms with van der Waals surface area (Å²) in [5.41, 5.74) is 2.59. The first kappa shape index (κ1) is 11.2. The van der Waals surface area contributed by atoms with Crippen LogP contribution in [0.3, 0.4) is 0 Å². The third kappa shape index (κ3) is 2.11. The summed E-state index contributed by atoms with van der Waals surface area (Å²) in [7, 11) is 0. The van der Waals surface area contributed by atoms with Gasteiger partial charge in [-0.1, -0.05) is 12.1 Å². The van der Waals surface area contributed by atoms with Gasteiger partial charge in [-0.15, -0.1) is 0 Å². The van der Waals surface area contributed by atoms with E-state index in [1.807, 2.05) is 0 Å². The lowest BCUT2D eigenvalue weighted by molar-refractivity contribution is -0.108. The zero-order valence-corrected chi connectivity index (χ0v) is 10.0. The van der Waals surface area contributed by atoms with Crippen LogP contribution in [0, 0.1) is 5.92 Å². The van der Waals surface area contributed by atoms with Crippen molar-refractivity contribution in [2.24, 2.45) is 5.92 Å². The maximum Gasteiger partial charge on any atom is 0.123 e. The van der Waals surface area contributed by atoms with Crippen LogP contribution in [-0.4, -0.2) is 19.4 Å². The Morgan fingerprint density at radius 1 is 1.25 bits per heavy atom. The second-order valence-electron chi connectivity index (χ2n) is 4.41. The second-order valence-corrected chi connectivity index (χ2v) is 4.41. The van der Waals surface area contributed by atoms with Crippen molar-refractivity contribution in [3.8, 4) is 0 Å². The normalized spacial score (nSPS) is 22.9. The van der Waals surface area contributed by atoms with Gasteiger partial charge in [-0.3, -0.25) is 0 Å². The summed E-state index contributed by atoms with van der Waals surface area (Å²) in [5, 5.41) is 0. The summed E-state index contributed by atoms with van der Waals surface area (Å²) >= 11 is 0. The van der Waals surface area contributed by atoms with Crippen LogP contribution in [0.2, 0.25) is 0 Å². The number of rotatable bonds is 5. The Hall–Kier alpha value is -1.31. The molecule has 0 saturated heterocycles. The standard InChI is InChI=1S/C14H19NO/c1-3-15(4-2)13-7-5-11(6-8-13)14-9-12(14)10-16/h5-8,10,12,14H,3-4,9H2,1-2H3. The van der Waals surface area contributed by atoms with E-state index in [9.17, 15) is 4.79 Å². The molecule has 1 fully saturated rings. The molecule has 0 heterocycles. The topological polar surface area (TPSA) is 20.3 Å². The highest BCUT2D eigenvalue weighted by atomic mass is 16.1. The first-order chi connectivity index (χ1) is 7.80. The van der Waals surface area contributed by atoms with Gasteiger partial charge >= 0.3 is 0 Å². The number of benzene rings is 1. The number of nitrogens with zero attached hydrogens (tertiary/aromatic N) is 1. The smallest absolute Gasteiger partial charge is 0.123 e. The average Bonchev–Trinajstić information content (AvgIpc) is 3.11. The maximum atomic E-state index is 10.6. The molecule has 2 nitrogen and oxygen atoms in total. The summed E-state index contributed by atoms with van der Waals surface area (Å²) < 4.78 is 0. The molecule has 2 rings (SSSR count). The number of anilines is 1. The highest BCUT2D eigenvalue weighted by Crippen LogP contribution is 2.46. The predicted octanol–water partition coefficient (Wildman–Crippen LogP) is 2.84. The molecule has 0 radical (unpaired) electrons. The van der Waals surface area contributed by atoms with Gasteiger partial charge in [0.05, 0.1) is 0 Å². The lowest BCUT2D eigenvalue weighted by atomic mass is 10.1. The van der Waals surface area contributed by atoms with Gasteiger partial charge in [0.25, 0.3) is 0 Å². The molecule has 0 aromatic heterocycles. The van der Waals surface area contributed by atoms with Gasteiger partial charge < -0.3 is 9.69 Å². The van der Waals surface area contributed by atoms with E-state index in [4.69, 9.17) is 0 Å². The lowest BCUT2D eigenvalue weighted by Crippen LogP contribution is -2.21. The van der Waals surface area contributed by atoms with Crippen molar-refractivity contribution < 1.29 is 4.79 Å². The minimum atomic E-state index is 0.277. The predicted molar refractivity (Wildman–Crippen MR) is 66.9 cm³/mol. The van der Waals surface area contributed by atoms with Crippen LogP contribution in [0.15, 0.2) is 24.3 Å². The Labute approximate surface area is 97.3 Å². The number of carbonyl (C=O) groups is 1. The molecule has 1 aromatic rings. The molecule has 2 unspecified atom stereocenters. The highest BCUT2D eigenvalue weighted by molar-refractivity contribution is 5.62. The summed E-state index contributed by atoms with van der Waals surface area (Å²) in [6, 6.07) is 8.68. The number of carbonyl (C=O) groups excluding carboxylic acids is 1.